The van der Waals surface area contributed by atoms with Crippen LogP contribution in [0.5, 0.6) is 5.75 Å². The summed E-state index contributed by atoms with van der Waals surface area (Å²) in [4.78, 5) is 11.8. The highest BCUT2D eigenvalue weighted by molar-refractivity contribution is 5.87. The number of nitrogens with one attached hydrogen (secondary N) is 1. The number of alkyl halides is 3. The number of nitrogens with zero attached hydrogens (tertiary/aromatic N) is 1. The van der Waals surface area contributed by atoms with Crippen molar-refractivity contribution in [3.05, 3.63) is 42.0 Å². The third-order valence-electron chi connectivity index (χ3n) is 5.01. The number of carbonyl (C=O) groups is 1. The standard InChI is InChI=1S/C21H25F3N2O2/c1-4-5-11-28-15-9-10-16-14(12-15)7-6-8-17(16)19(21(22,23)24)26-20(2,3)13-18(27)25-26/h6-10,12,19H,4-5,11,13H2,1-3H3,(H,25,27)/t19-/m0/s1. The van der Waals surface area contributed by atoms with Crippen molar-refractivity contribution in [1.82, 2.24) is 10.4 Å². The Bertz CT molecular complexity index is 864. The number of hydrogen-bond acceptors (Lipinski definition) is 3. The molecule has 0 radical (unpaired) electrons. The number of halogens is 3. The molecule has 3 rings (SSSR count). The van der Waals surface area contributed by atoms with E-state index in [1.807, 2.05) is 0 Å². The van der Waals surface area contributed by atoms with Crippen molar-refractivity contribution < 1.29 is 22.7 Å². The number of fused-ring (bicyclic) bond motifs is 1. The first-order chi connectivity index (χ1) is 13.1. The molecular formula is C21H25F3N2O2. The van der Waals surface area contributed by atoms with Crippen molar-refractivity contribution in [2.24, 2.45) is 0 Å². The Morgan fingerprint density at radius 1 is 1.25 bits per heavy atom. The lowest BCUT2D eigenvalue weighted by atomic mass is 9.93. The molecule has 1 aliphatic heterocycles. The summed E-state index contributed by atoms with van der Waals surface area (Å²) in [7, 11) is 0. The number of hydrogen-bond donors (Lipinski definition) is 1. The summed E-state index contributed by atoms with van der Waals surface area (Å²) in [6.07, 6.45) is -2.63. The molecule has 28 heavy (non-hydrogen) atoms. The Balaban J connectivity index is 2.04. The number of benzene rings is 2. The van der Waals surface area contributed by atoms with E-state index < -0.39 is 23.7 Å². The first-order valence-corrected chi connectivity index (χ1v) is 9.44. The molecule has 0 aliphatic carbocycles. The smallest absolute Gasteiger partial charge is 0.409 e. The number of ether oxygens (including phenoxy) is 1. The van der Waals surface area contributed by atoms with Crippen LogP contribution in [-0.4, -0.2) is 29.2 Å². The average Bonchev–Trinajstić information content (AvgIpc) is 2.86. The van der Waals surface area contributed by atoms with Gasteiger partial charge in [0, 0.05) is 12.0 Å². The Kier molecular flexibility index (Phi) is 5.57. The fourth-order valence-electron chi connectivity index (χ4n) is 3.63. The fraction of sp³-hybridized carbons (Fsp3) is 0.476. The van der Waals surface area contributed by atoms with Crippen LogP contribution in [0.2, 0.25) is 0 Å². The summed E-state index contributed by atoms with van der Waals surface area (Å²) in [5.41, 5.74) is 1.57. The highest BCUT2D eigenvalue weighted by Gasteiger charge is 2.53. The molecule has 1 saturated heterocycles. The van der Waals surface area contributed by atoms with Gasteiger partial charge in [0.05, 0.1) is 6.61 Å². The fourth-order valence-corrected chi connectivity index (χ4v) is 3.63. The summed E-state index contributed by atoms with van der Waals surface area (Å²) < 4.78 is 48.0. The zero-order valence-electron chi connectivity index (χ0n) is 16.3. The van der Waals surface area contributed by atoms with Gasteiger partial charge in [-0.05, 0) is 48.7 Å². The minimum absolute atomic E-state index is 0.0137. The van der Waals surface area contributed by atoms with Crippen LogP contribution >= 0.6 is 0 Å². The Labute approximate surface area is 162 Å². The van der Waals surface area contributed by atoms with Crippen LogP contribution in [0.4, 0.5) is 13.2 Å². The molecule has 0 spiro atoms. The summed E-state index contributed by atoms with van der Waals surface area (Å²) in [5.74, 6) is 0.225. The van der Waals surface area contributed by atoms with Crippen LogP contribution < -0.4 is 10.2 Å². The van der Waals surface area contributed by atoms with Crippen LogP contribution in [0, 0.1) is 0 Å². The molecule has 2 aromatic rings. The Hall–Kier alpha value is -2.28. The molecule has 1 heterocycles. The molecule has 0 unspecified atom stereocenters. The molecule has 1 fully saturated rings. The van der Waals surface area contributed by atoms with Gasteiger partial charge < -0.3 is 4.74 Å². The van der Waals surface area contributed by atoms with Gasteiger partial charge in [-0.1, -0.05) is 37.6 Å². The number of unbranched alkanes of at least 4 members (excludes halogenated alkanes) is 1. The molecular weight excluding hydrogens is 369 g/mol. The molecule has 1 aliphatic rings. The summed E-state index contributed by atoms with van der Waals surface area (Å²) in [6, 6.07) is 8.03. The third-order valence-corrected chi connectivity index (χ3v) is 5.01. The molecule has 7 heteroatoms. The van der Waals surface area contributed by atoms with Crippen molar-refractivity contribution in [3.8, 4) is 5.75 Å². The van der Waals surface area contributed by atoms with Gasteiger partial charge in [-0.25, -0.2) is 0 Å². The lowest BCUT2D eigenvalue weighted by molar-refractivity contribution is -0.203. The maximum atomic E-state index is 14.1. The largest absolute Gasteiger partial charge is 0.494 e. The summed E-state index contributed by atoms with van der Waals surface area (Å²) >= 11 is 0. The Morgan fingerprint density at radius 3 is 2.61 bits per heavy atom. The zero-order chi connectivity index (χ0) is 20.5. The van der Waals surface area contributed by atoms with E-state index >= 15 is 0 Å². The maximum absolute atomic E-state index is 14.1. The highest BCUT2D eigenvalue weighted by atomic mass is 19.4. The number of hydrazine groups is 1. The van der Waals surface area contributed by atoms with Crippen molar-refractivity contribution in [2.45, 2.75) is 57.8 Å². The van der Waals surface area contributed by atoms with Crippen LogP contribution in [-0.2, 0) is 4.79 Å². The highest BCUT2D eigenvalue weighted by Crippen LogP contribution is 2.44. The van der Waals surface area contributed by atoms with Crippen LogP contribution in [0.1, 0.15) is 51.6 Å². The van der Waals surface area contributed by atoms with Crippen LogP contribution in [0.25, 0.3) is 10.8 Å². The normalized spacial score (nSPS) is 18.3. The molecule has 2 aromatic carbocycles. The Morgan fingerprint density at radius 2 is 2.00 bits per heavy atom. The first kappa shape index (κ1) is 20.5. The zero-order valence-corrected chi connectivity index (χ0v) is 16.3. The van der Waals surface area contributed by atoms with Crippen LogP contribution in [0.15, 0.2) is 36.4 Å². The van der Waals surface area contributed by atoms with E-state index in [2.05, 4.69) is 12.3 Å². The van der Waals surface area contributed by atoms with Gasteiger partial charge >= 0.3 is 6.18 Å². The van der Waals surface area contributed by atoms with E-state index in [0.29, 0.717) is 23.1 Å². The maximum Gasteiger partial charge on any atom is 0.409 e. The van der Waals surface area contributed by atoms with Gasteiger partial charge in [0.2, 0.25) is 5.91 Å². The SMILES string of the molecule is CCCCOc1ccc2c([C@H](N3NC(=O)CC3(C)C)C(F)(F)F)cccc2c1. The second-order valence-electron chi connectivity index (χ2n) is 7.77. The second-order valence-corrected chi connectivity index (χ2v) is 7.77. The van der Waals surface area contributed by atoms with Gasteiger partial charge in [0.25, 0.3) is 0 Å². The van der Waals surface area contributed by atoms with Crippen molar-refractivity contribution >= 4 is 16.7 Å². The summed E-state index contributed by atoms with van der Waals surface area (Å²) in [6.45, 7) is 5.90. The molecule has 1 atom stereocenters. The lowest BCUT2D eigenvalue weighted by Gasteiger charge is -2.38. The van der Waals surface area contributed by atoms with Gasteiger partial charge in [-0.15, -0.1) is 0 Å². The summed E-state index contributed by atoms with van der Waals surface area (Å²) in [5, 5.41) is 2.20. The number of rotatable bonds is 6. The number of carbonyl (C=O) groups excluding carboxylic acids is 1. The van der Waals surface area contributed by atoms with Gasteiger partial charge in [0.15, 0.2) is 6.04 Å². The molecule has 0 saturated carbocycles. The van der Waals surface area contributed by atoms with Gasteiger partial charge in [-0.2, -0.15) is 18.2 Å². The average molecular weight is 394 g/mol. The van der Waals surface area contributed by atoms with Crippen molar-refractivity contribution in [1.29, 1.82) is 0 Å². The third kappa shape index (κ3) is 4.09. The van der Waals surface area contributed by atoms with E-state index in [4.69, 9.17) is 4.74 Å². The van der Waals surface area contributed by atoms with Crippen molar-refractivity contribution in [3.63, 3.8) is 0 Å². The molecule has 152 valence electrons. The van der Waals surface area contributed by atoms with E-state index in [0.717, 1.165) is 17.9 Å². The topological polar surface area (TPSA) is 41.6 Å². The molecule has 1 amide bonds. The van der Waals surface area contributed by atoms with Crippen LogP contribution in [0.3, 0.4) is 0 Å². The first-order valence-electron chi connectivity index (χ1n) is 9.44. The molecule has 4 nitrogen and oxygen atoms in total. The quantitative estimate of drug-likeness (QED) is 0.690. The molecule has 0 aromatic heterocycles. The lowest BCUT2D eigenvalue weighted by Crippen LogP contribution is -2.51. The van der Waals surface area contributed by atoms with Gasteiger partial charge in [-0.3, -0.25) is 10.2 Å². The minimum atomic E-state index is -4.56. The predicted molar refractivity (Wildman–Crippen MR) is 102 cm³/mol. The van der Waals surface area contributed by atoms with E-state index in [-0.39, 0.29) is 12.0 Å². The molecule has 1 N–H and O–H groups in total. The molecule has 0 bridgehead atoms. The minimum Gasteiger partial charge on any atom is -0.494 e. The van der Waals surface area contributed by atoms with Gasteiger partial charge in [0.1, 0.15) is 5.75 Å². The monoisotopic (exact) mass is 394 g/mol. The van der Waals surface area contributed by atoms with E-state index in [9.17, 15) is 18.0 Å². The predicted octanol–water partition coefficient (Wildman–Crippen LogP) is 5.14. The van der Waals surface area contributed by atoms with E-state index in [1.54, 1.807) is 44.2 Å². The van der Waals surface area contributed by atoms with Crippen molar-refractivity contribution in [2.75, 3.05) is 6.61 Å². The second kappa shape index (κ2) is 7.62. The number of amides is 1. The van der Waals surface area contributed by atoms with E-state index in [1.165, 1.54) is 6.07 Å².